The molecule has 0 saturated carbocycles. The summed E-state index contributed by atoms with van der Waals surface area (Å²) in [5.74, 6) is -0.551. The van der Waals surface area contributed by atoms with Crippen LogP contribution in [0.4, 0.5) is 0 Å². The standard InChI is InChI=1S/C13H22O4/c1-10(2)15-8-9(16-10)13(5)7-11(3,14)6-12(8,4)17-13/h8-9,14H,6-7H2,1-5H3/t8-,9+,11?,12+,13-. The van der Waals surface area contributed by atoms with E-state index in [0.29, 0.717) is 12.8 Å². The molecule has 3 fully saturated rings. The second-order valence-electron chi connectivity index (χ2n) is 7.05. The molecule has 4 nitrogen and oxygen atoms in total. The first-order valence-corrected chi connectivity index (χ1v) is 6.34. The van der Waals surface area contributed by atoms with Gasteiger partial charge < -0.3 is 19.3 Å². The lowest BCUT2D eigenvalue weighted by atomic mass is 9.82. The summed E-state index contributed by atoms with van der Waals surface area (Å²) in [5.41, 5.74) is -1.60. The van der Waals surface area contributed by atoms with Gasteiger partial charge in [0.05, 0.1) is 16.8 Å². The van der Waals surface area contributed by atoms with E-state index in [0.717, 1.165) is 0 Å². The van der Waals surface area contributed by atoms with Crippen LogP contribution in [-0.2, 0) is 14.2 Å². The predicted molar refractivity (Wildman–Crippen MR) is 61.6 cm³/mol. The van der Waals surface area contributed by atoms with E-state index in [4.69, 9.17) is 14.2 Å². The fourth-order valence-electron chi connectivity index (χ4n) is 4.15. The van der Waals surface area contributed by atoms with Crippen LogP contribution in [0.3, 0.4) is 0 Å². The third-order valence-corrected chi connectivity index (χ3v) is 4.23. The second kappa shape index (κ2) is 2.87. The number of hydrogen-bond donors (Lipinski definition) is 1. The van der Waals surface area contributed by atoms with Gasteiger partial charge in [0.1, 0.15) is 12.2 Å². The highest BCUT2D eigenvalue weighted by Gasteiger charge is 2.70. The summed E-state index contributed by atoms with van der Waals surface area (Å²) >= 11 is 0. The van der Waals surface area contributed by atoms with E-state index in [1.165, 1.54) is 0 Å². The molecule has 1 N–H and O–H groups in total. The quantitative estimate of drug-likeness (QED) is 0.701. The minimum Gasteiger partial charge on any atom is -0.390 e. The van der Waals surface area contributed by atoms with Crippen LogP contribution in [0.2, 0.25) is 0 Å². The number of aliphatic hydroxyl groups is 1. The monoisotopic (exact) mass is 242 g/mol. The first kappa shape index (κ1) is 11.9. The summed E-state index contributed by atoms with van der Waals surface area (Å²) in [7, 11) is 0. The Kier molecular flexibility index (Phi) is 2.01. The van der Waals surface area contributed by atoms with E-state index in [1.54, 1.807) is 0 Å². The largest absolute Gasteiger partial charge is 0.390 e. The van der Waals surface area contributed by atoms with Gasteiger partial charge in [-0.05, 0) is 34.6 Å². The Balaban J connectivity index is 2.01. The van der Waals surface area contributed by atoms with Gasteiger partial charge in [-0.2, -0.15) is 0 Å². The number of ether oxygens (including phenoxy) is 3. The molecule has 0 amide bonds. The molecule has 3 aliphatic rings. The molecule has 3 rings (SSSR count). The van der Waals surface area contributed by atoms with Crippen molar-refractivity contribution in [1.29, 1.82) is 0 Å². The summed E-state index contributed by atoms with van der Waals surface area (Å²) in [6.45, 7) is 9.79. The van der Waals surface area contributed by atoms with Gasteiger partial charge in [-0.3, -0.25) is 0 Å². The maximum absolute atomic E-state index is 10.4. The molecule has 0 aliphatic carbocycles. The van der Waals surface area contributed by atoms with E-state index < -0.39 is 22.6 Å². The average Bonchev–Trinajstić information content (AvgIpc) is 2.43. The highest BCUT2D eigenvalue weighted by Crippen LogP contribution is 2.57. The molecule has 5 atom stereocenters. The summed E-state index contributed by atoms with van der Waals surface area (Å²) in [4.78, 5) is 0. The highest BCUT2D eigenvalue weighted by atomic mass is 16.8. The van der Waals surface area contributed by atoms with E-state index in [-0.39, 0.29) is 12.2 Å². The van der Waals surface area contributed by atoms with Crippen molar-refractivity contribution in [1.82, 2.24) is 0 Å². The van der Waals surface area contributed by atoms with Crippen LogP contribution in [0.5, 0.6) is 0 Å². The minimum absolute atomic E-state index is 0.0866. The molecule has 0 aromatic heterocycles. The molecule has 1 unspecified atom stereocenters. The van der Waals surface area contributed by atoms with Crippen LogP contribution >= 0.6 is 0 Å². The smallest absolute Gasteiger partial charge is 0.164 e. The van der Waals surface area contributed by atoms with Gasteiger partial charge in [0.2, 0.25) is 0 Å². The Morgan fingerprint density at radius 1 is 0.882 bits per heavy atom. The summed E-state index contributed by atoms with van der Waals surface area (Å²) < 4.78 is 18.1. The first-order valence-electron chi connectivity index (χ1n) is 6.34. The molecule has 0 aromatic carbocycles. The summed E-state index contributed by atoms with van der Waals surface area (Å²) in [6.07, 6.45) is 1.01. The molecular weight excluding hydrogens is 220 g/mol. The van der Waals surface area contributed by atoms with Crippen LogP contribution in [0.15, 0.2) is 0 Å². The van der Waals surface area contributed by atoms with E-state index >= 15 is 0 Å². The number of rotatable bonds is 0. The van der Waals surface area contributed by atoms with Crippen molar-refractivity contribution in [3.05, 3.63) is 0 Å². The molecule has 4 heteroatoms. The van der Waals surface area contributed by atoms with Crippen molar-refractivity contribution in [2.75, 3.05) is 0 Å². The van der Waals surface area contributed by atoms with E-state index in [1.807, 2.05) is 34.6 Å². The van der Waals surface area contributed by atoms with Gasteiger partial charge >= 0.3 is 0 Å². The molecular formula is C13H22O4. The van der Waals surface area contributed by atoms with Gasteiger partial charge in [-0.15, -0.1) is 0 Å². The van der Waals surface area contributed by atoms with Crippen LogP contribution in [0, 0.1) is 0 Å². The zero-order valence-electron chi connectivity index (χ0n) is 11.2. The SMILES string of the molecule is CC1(O)C[C@@]2(C)O[C@@](C)(C1)[C@@H]1OC(C)(C)O[C@@H]12. The molecule has 3 saturated heterocycles. The normalized spacial score (nSPS) is 60.4. The Labute approximate surface area is 102 Å². The van der Waals surface area contributed by atoms with Crippen LogP contribution in [0.1, 0.15) is 47.5 Å². The van der Waals surface area contributed by atoms with Gasteiger partial charge in [0.25, 0.3) is 0 Å². The third kappa shape index (κ3) is 1.58. The van der Waals surface area contributed by atoms with Gasteiger partial charge in [-0.1, -0.05) is 0 Å². The molecule has 2 bridgehead atoms. The summed E-state index contributed by atoms with van der Waals surface area (Å²) in [5, 5.41) is 10.4. The van der Waals surface area contributed by atoms with Crippen molar-refractivity contribution in [2.24, 2.45) is 0 Å². The van der Waals surface area contributed by atoms with Gasteiger partial charge in [-0.25, -0.2) is 0 Å². The van der Waals surface area contributed by atoms with E-state index in [2.05, 4.69) is 0 Å². The van der Waals surface area contributed by atoms with Crippen LogP contribution in [-0.4, -0.2) is 39.9 Å². The van der Waals surface area contributed by atoms with Crippen molar-refractivity contribution < 1.29 is 19.3 Å². The fraction of sp³-hybridized carbons (Fsp3) is 1.00. The Hall–Kier alpha value is -0.160. The lowest BCUT2D eigenvalue weighted by molar-refractivity contribution is -0.265. The molecule has 0 radical (unpaired) electrons. The molecule has 3 heterocycles. The number of hydrogen-bond acceptors (Lipinski definition) is 4. The Morgan fingerprint density at radius 3 is 1.71 bits per heavy atom. The van der Waals surface area contributed by atoms with Gasteiger partial charge in [0, 0.05) is 12.8 Å². The topological polar surface area (TPSA) is 47.9 Å². The molecule has 98 valence electrons. The maximum atomic E-state index is 10.4. The number of fused-ring (bicyclic) bond motifs is 5. The Bertz CT molecular complexity index is 326. The second-order valence-corrected chi connectivity index (χ2v) is 7.05. The van der Waals surface area contributed by atoms with Crippen molar-refractivity contribution in [2.45, 2.75) is 82.3 Å². The zero-order valence-corrected chi connectivity index (χ0v) is 11.2. The molecule has 0 spiro atoms. The van der Waals surface area contributed by atoms with Crippen molar-refractivity contribution in [3.8, 4) is 0 Å². The van der Waals surface area contributed by atoms with Crippen LogP contribution in [0.25, 0.3) is 0 Å². The average molecular weight is 242 g/mol. The van der Waals surface area contributed by atoms with E-state index in [9.17, 15) is 5.11 Å². The molecule has 17 heavy (non-hydrogen) atoms. The minimum atomic E-state index is -0.705. The lowest BCUT2D eigenvalue weighted by Gasteiger charge is -2.46. The third-order valence-electron chi connectivity index (χ3n) is 4.23. The van der Waals surface area contributed by atoms with Crippen LogP contribution < -0.4 is 0 Å². The predicted octanol–water partition coefficient (Wildman–Crippen LogP) is 1.60. The maximum Gasteiger partial charge on any atom is 0.164 e. The molecule has 3 aliphatic heterocycles. The Morgan fingerprint density at radius 2 is 1.29 bits per heavy atom. The van der Waals surface area contributed by atoms with Crippen molar-refractivity contribution in [3.63, 3.8) is 0 Å². The summed E-state index contributed by atoms with van der Waals surface area (Å²) in [6, 6.07) is 0. The molecule has 0 aromatic rings. The van der Waals surface area contributed by atoms with Crippen molar-refractivity contribution >= 4 is 0 Å². The lowest BCUT2D eigenvalue weighted by Crippen LogP contribution is -2.53. The highest BCUT2D eigenvalue weighted by molar-refractivity contribution is 5.17. The zero-order chi connectivity index (χ0) is 12.7. The van der Waals surface area contributed by atoms with Gasteiger partial charge in [0.15, 0.2) is 5.79 Å². The fourth-order valence-corrected chi connectivity index (χ4v) is 4.15. The first-order chi connectivity index (χ1) is 7.56.